The van der Waals surface area contributed by atoms with Crippen molar-refractivity contribution in [1.29, 1.82) is 0 Å². The number of sulfone groups is 1. The predicted octanol–water partition coefficient (Wildman–Crippen LogP) is 2.28. The third-order valence-electron chi connectivity index (χ3n) is 3.58. The molecule has 3 rings (SSSR count). The average molecular weight is 405 g/mol. The first-order valence-electron chi connectivity index (χ1n) is 7.92. The van der Waals surface area contributed by atoms with Crippen LogP contribution in [0.1, 0.15) is 17.3 Å². The second-order valence-electron chi connectivity index (χ2n) is 5.49. The number of hydrogen-bond acceptors (Lipinski definition) is 8. The number of hydrogen-bond donors (Lipinski definition) is 1. The fourth-order valence-corrected chi connectivity index (χ4v) is 4.29. The summed E-state index contributed by atoms with van der Waals surface area (Å²) in [4.78, 5) is 23.8. The summed E-state index contributed by atoms with van der Waals surface area (Å²) in [6, 6.07) is 10.6. The molecule has 0 aliphatic rings. The van der Waals surface area contributed by atoms with E-state index in [0.29, 0.717) is 16.8 Å². The number of aromatic nitrogens is 2. The largest absolute Gasteiger partial charge is 0.462 e. The van der Waals surface area contributed by atoms with Gasteiger partial charge in [-0.3, -0.25) is 4.79 Å². The van der Waals surface area contributed by atoms with Crippen LogP contribution in [0.15, 0.2) is 47.4 Å². The molecular formula is C17H15N3O5S2. The summed E-state index contributed by atoms with van der Waals surface area (Å²) in [6.45, 7) is 1.96. The number of carbonyl (C=O) groups excluding carboxylic acids is 2. The van der Waals surface area contributed by atoms with Gasteiger partial charge in [-0.15, -0.1) is 0 Å². The van der Waals surface area contributed by atoms with Gasteiger partial charge in [0.2, 0.25) is 5.91 Å². The Hall–Kier alpha value is -2.85. The van der Waals surface area contributed by atoms with Gasteiger partial charge in [-0.25, -0.2) is 13.2 Å². The lowest BCUT2D eigenvalue weighted by molar-refractivity contribution is -0.113. The number of fused-ring (bicyclic) bond motifs is 1. The van der Waals surface area contributed by atoms with E-state index in [0.717, 1.165) is 11.7 Å². The van der Waals surface area contributed by atoms with Gasteiger partial charge in [-0.05, 0) is 43.3 Å². The minimum absolute atomic E-state index is 0.0263. The van der Waals surface area contributed by atoms with Crippen molar-refractivity contribution < 1.29 is 22.7 Å². The smallest absolute Gasteiger partial charge is 0.338 e. The van der Waals surface area contributed by atoms with Gasteiger partial charge < -0.3 is 10.1 Å². The van der Waals surface area contributed by atoms with E-state index in [2.05, 4.69) is 14.1 Å². The maximum absolute atomic E-state index is 12.6. The van der Waals surface area contributed by atoms with Crippen molar-refractivity contribution in [3.63, 3.8) is 0 Å². The first-order chi connectivity index (χ1) is 12.9. The minimum Gasteiger partial charge on any atom is -0.462 e. The summed E-state index contributed by atoms with van der Waals surface area (Å²) in [5.74, 6) is -1.90. The van der Waals surface area contributed by atoms with Crippen molar-refractivity contribution in [3.05, 3.63) is 48.0 Å². The van der Waals surface area contributed by atoms with Crippen LogP contribution in [0.4, 0.5) is 5.69 Å². The summed E-state index contributed by atoms with van der Waals surface area (Å²) in [6.07, 6.45) is 0. The first kappa shape index (κ1) is 18.9. The SMILES string of the molecule is CCOC(=O)c1ccc(NC(=O)CS(=O)(=O)c2cccc3nsnc23)cc1. The number of nitrogens with zero attached hydrogens (tertiary/aromatic N) is 2. The highest BCUT2D eigenvalue weighted by Gasteiger charge is 2.23. The highest BCUT2D eigenvalue weighted by atomic mass is 32.2. The molecule has 0 radical (unpaired) electrons. The number of benzene rings is 2. The molecule has 3 aromatic rings. The van der Waals surface area contributed by atoms with Crippen molar-refractivity contribution in [2.45, 2.75) is 11.8 Å². The van der Waals surface area contributed by atoms with Crippen molar-refractivity contribution in [2.75, 3.05) is 17.7 Å². The van der Waals surface area contributed by atoms with E-state index in [1.54, 1.807) is 19.1 Å². The van der Waals surface area contributed by atoms with Crippen molar-refractivity contribution in [1.82, 2.24) is 8.75 Å². The summed E-state index contributed by atoms with van der Waals surface area (Å²) in [5, 5.41) is 2.50. The van der Waals surface area contributed by atoms with Gasteiger partial charge in [0.15, 0.2) is 9.84 Å². The van der Waals surface area contributed by atoms with Crippen LogP contribution in [-0.2, 0) is 19.4 Å². The summed E-state index contributed by atoms with van der Waals surface area (Å²) in [7, 11) is -3.89. The topological polar surface area (TPSA) is 115 Å². The van der Waals surface area contributed by atoms with Crippen LogP contribution >= 0.6 is 11.7 Å². The zero-order chi connectivity index (χ0) is 19.4. The molecule has 2 aromatic carbocycles. The molecule has 0 bridgehead atoms. The summed E-state index contributed by atoms with van der Waals surface area (Å²) in [5.41, 5.74) is 1.44. The van der Waals surface area contributed by atoms with E-state index in [4.69, 9.17) is 4.74 Å². The van der Waals surface area contributed by atoms with Gasteiger partial charge in [-0.2, -0.15) is 8.75 Å². The second kappa shape index (κ2) is 7.80. The maximum Gasteiger partial charge on any atom is 0.338 e. The Morgan fingerprint density at radius 3 is 2.56 bits per heavy atom. The third kappa shape index (κ3) is 4.29. The lowest BCUT2D eigenvalue weighted by Crippen LogP contribution is -2.23. The Bertz CT molecular complexity index is 1090. The average Bonchev–Trinajstić information content (AvgIpc) is 3.10. The molecule has 27 heavy (non-hydrogen) atoms. The molecule has 8 nitrogen and oxygen atoms in total. The number of ether oxygens (including phenoxy) is 1. The maximum atomic E-state index is 12.6. The van der Waals surface area contributed by atoms with Gasteiger partial charge in [0.25, 0.3) is 0 Å². The molecule has 0 spiro atoms. The van der Waals surface area contributed by atoms with Crippen LogP contribution in [0.25, 0.3) is 11.0 Å². The van der Waals surface area contributed by atoms with Gasteiger partial charge >= 0.3 is 5.97 Å². The van der Waals surface area contributed by atoms with E-state index in [1.165, 1.54) is 30.3 Å². The molecule has 0 unspecified atom stereocenters. The molecule has 10 heteroatoms. The monoisotopic (exact) mass is 405 g/mol. The number of rotatable bonds is 6. The molecule has 1 amide bonds. The number of anilines is 1. The number of carbonyl (C=O) groups is 2. The van der Waals surface area contributed by atoms with Crippen LogP contribution in [0.3, 0.4) is 0 Å². The standard InChI is InChI=1S/C17H15N3O5S2/c1-2-25-17(22)11-6-8-12(9-7-11)18-15(21)10-27(23,24)14-5-3-4-13-16(14)20-26-19-13/h3-9H,2,10H2,1H3,(H,18,21). The number of nitrogens with one attached hydrogen (secondary N) is 1. The van der Waals surface area contributed by atoms with E-state index >= 15 is 0 Å². The van der Waals surface area contributed by atoms with Crippen molar-refractivity contribution in [3.8, 4) is 0 Å². The van der Waals surface area contributed by atoms with Gasteiger partial charge in [0, 0.05) is 5.69 Å². The summed E-state index contributed by atoms with van der Waals surface area (Å²) >= 11 is 0.909. The third-order valence-corrected chi connectivity index (χ3v) is 5.77. The molecule has 1 N–H and O–H groups in total. The normalized spacial score (nSPS) is 11.3. The lowest BCUT2D eigenvalue weighted by Gasteiger charge is -2.08. The highest BCUT2D eigenvalue weighted by Crippen LogP contribution is 2.22. The second-order valence-corrected chi connectivity index (χ2v) is 7.98. The molecular weight excluding hydrogens is 390 g/mol. The van der Waals surface area contributed by atoms with E-state index in [1.807, 2.05) is 0 Å². The molecule has 1 aromatic heterocycles. The Morgan fingerprint density at radius 1 is 1.11 bits per heavy atom. The molecule has 0 saturated heterocycles. The first-order valence-corrected chi connectivity index (χ1v) is 10.3. The quantitative estimate of drug-likeness (QED) is 0.626. The van der Waals surface area contributed by atoms with Crippen LogP contribution in [-0.4, -0.2) is 41.4 Å². The molecule has 0 atom stereocenters. The van der Waals surface area contributed by atoms with E-state index < -0.39 is 27.5 Å². The fourth-order valence-electron chi connectivity index (χ4n) is 2.38. The van der Waals surface area contributed by atoms with Crippen LogP contribution in [0.5, 0.6) is 0 Å². The van der Waals surface area contributed by atoms with Crippen LogP contribution in [0.2, 0.25) is 0 Å². The Labute approximate surface area is 159 Å². The summed E-state index contributed by atoms with van der Waals surface area (Å²) < 4.78 is 38.0. The fraction of sp³-hybridized carbons (Fsp3) is 0.176. The molecule has 140 valence electrons. The molecule has 0 aliphatic heterocycles. The van der Waals surface area contributed by atoms with Crippen LogP contribution in [0, 0.1) is 0 Å². The van der Waals surface area contributed by atoms with Gasteiger partial charge in [0.05, 0.1) is 28.8 Å². The van der Waals surface area contributed by atoms with Gasteiger partial charge in [0.1, 0.15) is 16.8 Å². The van der Waals surface area contributed by atoms with Crippen LogP contribution < -0.4 is 5.32 Å². The van der Waals surface area contributed by atoms with E-state index in [-0.39, 0.29) is 17.0 Å². The Kier molecular flexibility index (Phi) is 5.47. The molecule has 0 saturated carbocycles. The highest BCUT2D eigenvalue weighted by molar-refractivity contribution is 7.92. The van der Waals surface area contributed by atoms with Crippen molar-refractivity contribution in [2.24, 2.45) is 0 Å². The minimum atomic E-state index is -3.89. The molecule has 0 fully saturated rings. The molecule has 1 heterocycles. The zero-order valence-corrected chi connectivity index (χ0v) is 15.8. The number of esters is 1. The lowest BCUT2D eigenvalue weighted by atomic mass is 10.2. The predicted molar refractivity (Wildman–Crippen MR) is 100 cm³/mol. The van der Waals surface area contributed by atoms with E-state index in [9.17, 15) is 18.0 Å². The zero-order valence-electron chi connectivity index (χ0n) is 14.2. The molecule has 0 aliphatic carbocycles. The van der Waals surface area contributed by atoms with Gasteiger partial charge in [-0.1, -0.05) is 6.07 Å². The number of amides is 1. The Balaban J connectivity index is 1.72. The Morgan fingerprint density at radius 2 is 1.85 bits per heavy atom. The van der Waals surface area contributed by atoms with Crippen molar-refractivity contribution >= 4 is 50.2 Å².